The molecule has 1 aromatic rings. The van der Waals surface area contributed by atoms with Crippen molar-refractivity contribution in [2.45, 2.75) is 68.9 Å². The second kappa shape index (κ2) is 7.79. The van der Waals surface area contributed by atoms with Gasteiger partial charge in [-0.2, -0.15) is 0 Å². The summed E-state index contributed by atoms with van der Waals surface area (Å²) in [4.78, 5) is 1.48. The minimum Gasteiger partial charge on any atom is -0.122 e. The van der Waals surface area contributed by atoms with Crippen molar-refractivity contribution in [3.63, 3.8) is 0 Å². The number of unbranched alkanes of at least 4 members (excludes halogenated alkanes) is 1. The topological polar surface area (TPSA) is 0 Å². The minimum atomic E-state index is 0.806. The summed E-state index contributed by atoms with van der Waals surface area (Å²) in [6, 6.07) is 8.82. The van der Waals surface area contributed by atoms with E-state index in [4.69, 9.17) is 0 Å². The smallest absolute Gasteiger partial charge is 0.0104 e. The maximum absolute atomic E-state index is 2.37. The van der Waals surface area contributed by atoms with E-state index in [1.807, 2.05) is 0 Å². The predicted molar refractivity (Wildman–Crippen MR) is 86.9 cm³/mol. The summed E-state index contributed by atoms with van der Waals surface area (Å²) < 4.78 is 0. The lowest BCUT2D eigenvalue weighted by Gasteiger charge is -2.17. The maximum Gasteiger partial charge on any atom is 0.0104 e. The summed E-state index contributed by atoms with van der Waals surface area (Å²) in [5.41, 5.74) is 3.12. The predicted octanol–water partition coefficient (Wildman–Crippen LogP) is 6.15. The molecule has 19 heavy (non-hydrogen) atoms. The Bertz CT molecular complexity index is 419. The van der Waals surface area contributed by atoms with Gasteiger partial charge in [0.25, 0.3) is 0 Å². The summed E-state index contributed by atoms with van der Waals surface area (Å²) in [6.07, 6.45) is 11.8. The van der Waals surface area contributed by atoms with Gasteiger partial charge in [0, 0.05) is 10.1 Å². The Morgan fingerprint density at radius 1 is 1.16 bits per heavy atom. The van der Waals surface area contributed by atoms with Crippen LogP contribution in [0.1, 0.15) is 57.4 Å². The number of hydrogen-bond donors (Lipinski definition) is 0. The van der Waals surface area contributed by atoms with E-state index >= 15 is 0 Å². The SMILES string of the molecule is CCCCC(CCCC1=CC1)Sc1ccccc1C. The van der Waals surface area contributed by atoms with Crippen LogP contribution in [-0.2, 0) is 0 Å². The van der Waals surface area contributed by atoms with Crippen molar-refractivity contribution in [1.29, 1.82) is 0 Å². The first-order valence-corrected chi connectivity index (χ1v) is 8.57. The molecule has 1 heteroatoms. The molecule has 104 valence electrons. The lowest BCUT2D eigenvalue weighted by Crippen LogP contribution is -2.03. The molecule has 2 rings (SSSR count). The van der Waals surface area contributed by atoms with Gasteiger partial charge in [-0.1, -0.05) is 49.6 Å². The van der Waals surface area contributed by atoms with Gasteiger partial charge in [0.15, 0.2) is 0 Å². The molecule has 0 saturated carbocycles. The Morgan fingerprint density at radius 3 is 2.58 bits per heavy atom. The fourth-order valence-corrected chi connectivity index (χ4v) is 3.73. The third kappa shape index (κ3) is 5.44. The number of thioether (sulfide) groups is 1. The summed E-state index contributed by atoms with van der Waals surface area (Å²) >= 11 is 2.11. The molecule has 0 heterocycles. The lowest BCUT2D eigenvalue weighted by atomic mass is 10.1. The Hall–Kier alpha value is -0.690. The van der Waals surface area contributed by atoms with Crippen molar-refractivity contribution < 1.29 is 0 Å². The normalized spacial score (nSPS) is 15.2. The van der Waals surface area contributed by atoms with Crippen LogP contribution in [0.4, 0.5) is 0 Å². The van der Waals surface area contributed by atoms with Crippen LogP contribution in [-0.4, -0.2) is 5.25 Å². The number of hydrogen-bond acceptors (Lipinski definition) is 1. The van der Waals surface area contributed by atoms with Gasteiger partial charge < -0.3 is 0 Å². The molecule has 0 spiro atoms. The van der Waals surface area contributed by atoms with Crippen molar-refractivity contribution in [2.75, 3.05) is 0 Å². The van der Waals surface area contributed by atoms with Crippen molar-refractivity contribution in [3.8, 4) is 0 Å². The molecule has 1 aromatic carbocycles. The molecule has 1 aliphatic rings. The highest BCUT2D eigenvalue weighted by Crippen LogP contribution is 2.33. The minimum absolute atomic E-state index is 0.806. The van der Waals surface area contributed by atoms with Gasteiger partial charge in [-0.15, -0.1) is 11.8 Å². The van der Waals surface area contributed by atoms with Crippen LogP contribution in [0.15, 0.2) is 40.8 Å². The average Bonchev–Trinajstić information content (AvgIpc) is 3.22. The van der Waals surface area contributed by atoms with Crippen LogP contribution < -0.4 is 0 Å². The first-order chi connectivity index (χ1) is 9.29. The average molecular weight is 274 g/mol. The number of allylic oxidation sites excluding steroid dienone is 2. The van der Waals surface area contributed by atoms with E-state index in [1.54, 1.807) is 5.57 Å². The fraction of sp³-hybridized carbons (Fsp3) is 0.556. The fourth-order valence-electron chi connectivity index (χ4n) is 2.40. The number of rotatable bonds is 9. The van der Waals surface area contributed by atoms with Crippen molar-refractivity contribution in [1.82, 2.24) is 0 Å². The number of aryl methyl sites for hydroxylation is 1. The van der Waals surface area contributed by atoms with Crippen LogP contribution in [0.25, 0.3) is 0 Å². The summed E-state index contributed by atoms with van der Waals surface area (Å²) in [5.74, 6) is 0. The van der Waals surface area contributed by atoms with Gasteiger partial charge in [0.2, 0.25) is 0 Å². The summed E-state index contributed by atoms with van der Waals surface area (Å²) in [5, 5.41) is 0.806. The summed E-state index contributed by atoms with van der Waals surface area (Å²) in [7, 11) is 0. The van der Waals surface area contributed by atoms with E-state index in [0.29, 0.717) is 0 Å². The van der Waals surface area contributed by atoms with Crippen LogP contribution >= 0.6 is 11.8 Å². The van der Waals surface area contributed by atoms with Crippen LogP contribution in [0, 0.1) is 6.92 Å². The van der Waals surface area contributed by atoms with Crippen molar-refractivity contribution in [3.05, 3.63) is 41.5 Å². The Morgan fingerprint density at radius 2 is 1.89 bits per heavy atom. The van der Waals surface area contributed by atoms with Crippen molar-refractivity contribution in [2.24, 2.45) is 0 Å². The second-order valence-electron chi connectivity index (χ2n) is 5.61. The van der Waals surface area contributed by atoms with E-state index in [2.05, 4.69) is 56.0 Å². The molecule has 1 unspecified atom stereocenters. The Balaban J connectivity index is 1.84. The highest BCUT2D eigenvalue weighted by molar-refractivity contribution is 8.00. The maximum atomic E-state index is 2.37. The van der Waals surface area contributed by atoms with E-state index in [9.17, 15) is 0 Å². The Kier molecular flexibility index (Phi) is 6.03. The zero-order valence-corrected chi connectivity index (χ0v) is 13.1. The van der Waals surface area contributed by atoms with E-state index in [-0.39, 0.29) is 0 Å². The third-order valence-corrected chi connectivity index (χ3v) is 5.30. The van der Waals surface area contributed by atoms with E-state index in [1.165, 1.54) is 55.4 Å². The molecule has 0 amide bonds. The van der Waals surface area contributed by atoms with Gasteiger partial charge >= 0.3 is 0 Å². The number of benzene rings is 1. The van der Waals surface area contributed by atoms with Crippen LogP contribution in [0.3, 0.4) is 0 Å². The highest BCUT2D eigenvalue weighted by Gasteiger charge is 2.13. The molecule has 0 aromatic heterocycles. The van der Waals surface area contributed by atoms with E-state index < -0.39 is 0 Å². The molecular formula is C18H26S. The lowest BCUT2D eigenvalue weighted by molar-refractivity contribution is 0.622. The first-order valence-electron chi connectivity index (χ1n) is 7.69. The molecule has 0 radical (unpaired) electrons. The zero-order chi connectivity index (χ0) is 13.5. The zero-order valence-electron chi connectivity index (χ0n) is 12.3. The molecule has 0 aliphatic heterocycles. The molecule has 1 atom stereocenters. The van der Waals surface area contributed by atoms with Gasteiger partial charge in [0.1, 0.15) is 0 Å². The molecule has 1 aliphatic carbocycles. The first kappa shape index (κ1) is 14.7. The highest BCUT2D eigenvalue weighted by atomic mass is 32.2. The Labute approximate surface area is 122 Å². The summed E-state index contributed by atoms with van der Waals surface area (Å²) in [6.45, 7) is 4.53. The molecule has 0 nitrogen and oxygen atoms in total. The second-order valence-corrected chi connectivity index (χ2v) is 6.95. The van der Waals surface area contributed by atoms with Gasteiger partial charge in [-0.25, -0.2) is 0 Å². The molecule has 0 bridgehead atoms. The third-order valence-electron chi connectivity index (χ3n) is 3.78. The molecule has 0 saturated heterocycles. The van der Waals surface area contributed by atoms with Gasteiger partial charge in [-0.3, -0.25) is 0 Å². The molecular weight excluding hydrogens is 248 g/mol. The van der Waals surface area contributed by atoms with Crippen LogP contribution in [0.2, 0.25) is 0 Å². The standard InChI is InChI=1S/C18H26S/c1-3-4-10-17(11-7-9-16-13-14-16)19-18-12-6-5-8-15(18)2/h5-6,8,12-13,17H,3-4,7,9-11,14H2,1-2H3. The van der Waals surface area contributed by atoms with Gasteiger partial charge in [-0.05, 0) is 50.7 Å². The molecule has 0 N–H and O–H groups in total. The van der Waals surface area contributed by atoms with E-state index in [0.717, 1.165) is 5.25 Å². The molecule has 0 fully saturated rings. The van der Waals surface area contributed by atoms with Gasteiger partial charge in [0.05, 0.1) is 0 Å². The van der Waals surface area contributed by atoms with Crippen LogP contribution in [0.5, 0.6) is 0 Å². The monoisotopic (exact) mass is 274 g/mol. The van der Waals surface area contributed by atoms with Crippen molar-refractivity contribution >= 4 is 11.8 Å². The quantitative estimate of drug-likeness (QED) is 0.384. The largest absolute Gasteiger partial charge is 0.122 e.